The Labute approximate surface area is 95.2 Å². The van der Waals surface area contributed by atoms with E-state index < -0.39 is 0 Å². The molecule has 0 aromatic rings. The van der Waals surface area contributed by atoms with Crippen molar-refractivity contribution in [2.24, 2.45) is 0 Å². The van der Waals surface area contributed by atoms with Crippen molar-refractivity contribution in [1.29, 1.82) is 0 Å². The average Bonchev–Trinajstić information content (AvgIpc) is 2.28. The highest BCUT2D eigenvalue weighted by Gasteiger charge is 2.29. The first kappa shape index (κ1) is 13.0. The van der Waals surface area contributed by atoms with Gasteiger partial charge in [0.2, 0.25) is 0 Å². The van der Waals surface area contributed by atoms with Gasteiger partial charge in [0.05, 0.1) is 0 Å². The van der Waals surface area contributed by atoms with Crippen LogP contribution in [0.15, 0.2) is 0 Å². The van der Waals surface area contributed by atoms with Gasteiger partial charge in [-0.1, -0.05) is 0 Å². The van der Waals surface area contributed by atoms with E-state index >= 15 is 0 Å². The van der Waals surface area contributed by atoms with Gasteiger partial charge in [-0.25, -0.2) is 0 Å². The van der Waals surface area contributed by atoms with Gasteiger partial charge in [0.15, 0.2) is 0 Å². The molecule has 1 aliphatic carbocycles. The maximum absolute atomic E-state index is 3.69. The van der Waals surface area contributed by atoms with E-state index in [1.165, 1.54) is 19.3 Å². The first-order valence-corrected chi connectivity index (χ1v) is 6.21. The Bertz CT molecular complexity index is 176. The Morgan fingerprint density at radius 3 is 1.33 bits per heavy atom. The maximum atomic E-state index is 3.69. The summed E-state index contributed by atoms with van der Waals surface area (Å²) in [7, 11) is 0. The fourth-order valence-electron chi connectivity index (χ4n) is 2.47. The van der Waals surface area contributed by atoms with Crippen LogP contribution in [0.3, 0.4) is 0 Å². The van der Waals surface area contributed by atoms with Crippen LogP contribution < -0.4 is 10.6 Å². The van der Waals surface area contributed by atoms with Gasteiger partial charge < -0.3 is 10.6 Å². The lowest BCUT2D eigenvalue weighted by Gasteiger charge is -2.28. The summed E-state index contributed by atoms with van der Waals surface area (Å²) >= 11 is 0. The molecule has 0 aromatic carbocycles. The lowest BCUT2D eigenvalue weighted by Crippen LogP contribution is -2.45. The van der Waals surface area contributed by atoms with Gasteiger partial charge in [0.25, 0.3) is 0 Å². The molecule has 2 heteroatoms. The van der Waals surface area contributed by atoms with E-state index in [0.717, 1.165) is 0 Å². The van der Waals surface area contributed by atoms with Crippen LogP contribution in [0.25, 0.3) is 0 Å². The lowest BCUT2D eigenvalue weighted by atomic mass is 10.1. The molecular formula is C13H28N2. The maximum Gasteiger partial charge on any atom is 0.00991 e. The van der Waals surface area contributed by atoms with E-state index in [2.05, 4.69) is 52.2 Å². The quantitative estimate of drug-likeness (QED) is 0.735. The van der Waals surface area contributed by atoms with E-state index in [9.17, 15) is 0 Å². The van der Waals surface area contributed by atoms with Crippen LogP contribution in [0, 0.1) is 0 Å². The Morgan fingerprint density at radius 2 is 1.07 bits per heavy atom. The predicted octanol–water partition coefficient (Wildman–Crippen LogP) is 2.68. The second-order valence-corrected chi connectivity index (χ2v) is 7.00. The third-order valence-electron chi connectivity index (χ3n) is 2.71. The normalized spacial score (nSPS) is 28.4. The van der Waals surface area contributed by atoms with Crippen molar-refractivity contribution in [3.63, 3.8) is 0 Å². The first-order valence-electron chi connectivity index (χ1n) is 6.21. The summed E-state index contributed by atoms with van der Waals surface area (Å²) in [5.74, 6) is 0. The molecule has 0 heterocycles. The van der Waals surface area contributed by atoms with Crippen molar-refractivity contribution in [1.82, 2.24) is 10.6 Å². The second-order valence-electron chi connectivity index (χ2n) is 7.00. The molecule has 0 saturated heterocycles. The molecule has 2 unspecified atom stereocenters. The summed E-state index contributed by atoms with van der Waals surface area (Å²) in [6.45, 7) is 13.5. The molecule has 0 aromatic heterocycles. The van der Waals surface area contributed by atoms with Crippen molar-refractivity contribution in [2.75, 3.05) is 0 Å². The van der Waals surface area contributed by atoms with Crippen molar-refractivity contribution < 1.29 is 0 Å². The third kappa shape index (κ3) is 5.53. The summed E-state index contributed by atoms with van der Waals surface area (Å²) < 4.78 is 0. The number of nitrogens with one attached hydrogen (secondary N) is 2. The van der Waals surface area contributed by atoms with E-state index in [0.29, 0.717) is 12.1 Å². The molecule has 1 fully saturated rings. The largest absolute Gasteiger partial charge is 0.309 e. The third-order valence-corrected chi connectivity index (χ3v) is 2.71. The Hall–Kier alpha value is -0.0800. The van der Waals surface area contributed by atoms with Crippen molar-refractivity contribution in [3.05, 3.63) is 0 Å². The molecular weight excluding hydrogens is 184 g/mol. The van der Waals surface area contributed by atoms with E-state index in [-0.39, 0.29) is 11.1 Å². The molecule has 15 heavy (non-hydrogen) atoms. The fourth-order valence-corrected chi connectivity index (χ4v) is 2.47. The van der Waals surface area contributed by atoms with E-state index in [4.69, 9.17) is 0 Å². The van der Waals surface area contributed by atoms with E-state index in [1.807, 2.05) is 0 Å². The SMILES string of the molecule is CC(C)(C)NC1CCC(NC(C)(C)C)C1. The lowest BCUT2D eigenvalue weighted by molar-refractivity contribution is 0.333. The van der Waals surface area contributed by atoms with Crippen LogP contribution in [0.1, 0.15) is 60.8 Å². The number of rotatable bonds is 2. The molecule has 2 N–H and O–H groups in total. The molecule has 2 atom stereocenters. The topological polar surface area (TPSA) is 24.1 Å². The van der Waals surface area contributed by atoms with Crippen LogP contribution in [0.2, 0.25) is 0 Å². The van der Waals surface area contributed by atoms with Crippen molar-refractivity contribution >= 4 is 0 Å². The Kier molecular flexibility index (Phi) is 3.83. The molecule has 1 rings (SSSR count). The van der Waals surface area contributed by atoms with Gasteiger partial charge in [-0.05, 0) is 60.8 Å². The Balaban J connectivity index is 2.33. The van der Waals surface area contributed by atoms with Gasteiger partial charge >= 0.3 is 0 Å². The molecule has 90 valence electrons. The highest BCUT2D eigenvalue weighted by atomic mass is 15.0. The number of hydrogen-bond donors (Lipinski definition) is 2. The molecule has 1 aliphatic rings. The molecule has 0 aliphatic heterocycles. The molecule has 0 amide bonds. The first-order chi connectivity index (χ1) is 6.66. The van der Waals surface area contributed by atoms with Crippen molar-refractivity contribution in [3.8, 4) is 0 Å². The van der Waals surface area contributed by atoms with E-state index in [1.54, 1.807) is 0 Å². The summed E-state index contributed by atoms with van der Waals surface area (Å²) in [5.41, 5.74) is 0.503. The Morgan fingerprint density at radius 1 is 0.733 bits per heavy atom. The average molecular weight is 212 g/mol. The molecule has 2 nitrogen and oxygen atoms in total. The van der Waals surface area contributed by atoms with Gasteiger partial charge in [-0.15, -0.1) is 0 Å². The summed E-state index contributed by atoms with van der Waals surface area (Å²) in [4.78, 5) is 0. The highest BCUT2D eigenvalue weighted by molar-refractivity contribution is 4.91. The minimum Gasteiger partial charge on any atom is -0.309 e. The van der Waals surface area contributed by atoms with Crippen LogP contribution in [0.4, 0.5) is 0 Å². The van der Waals surface area contributed by atoms with Crippen molar-refractivity contribution in [2.45, 2.75) is 84.0 Å². The minimum atomic E-state index is 0.251. The van der Waals surface area contributed by atoms with Gasteiger partial charge in [-0.2, -0.15) is 0 Å². The highest BCUT2D eigenvalue weighted by Crippen LogP contribution is 2.23. The van der Waals surface area contributed by atoms with Gasteiger partial charge in [-0.3, -0.25) is 0 Å². The zero-order chi connectivity index (χ0) is 11.7. The monoisotopic (exact) mass is 212 g/mol. The molecule has 0 spiro atoms. The fraction of sp³-hybridized carbons (Fsp3) is 1.00. The number of hydrogen-bond acceptors (Lipinski definition) is 2. The minimum absolute atomic E-state index is 0.251. The zero-order valence-corrected chi connectivity index (χ0v) is 11.3. The summed E-state index contributed by atoms with van der Waals surface area (Å²) in [5, 5.41) is 7.39. The van der Waals surface area contributed by atoms with Gasteiger partial charge in [0, 0.05) is 23.2 Å². The van der Waals surface area contributed by atoms with Crippen LogP contribution in [-0.4, -0.2) is 23.2 Å². The molecule has 0 bridgehead atoms. The molecule has 0 radical (unpaired) electrons. The summed E-state index contributed by atoms with van der Waals surface area (Å²) in [6.07, 6.45) is 3.89. The van der Waals surface area contributed by atoms with Crippen LogP contribution >= 0.6 is 0 Å². The smallest absolute Gasteiger partial charge is 0.00991 e. The summed E-state index contributed by atoms with van der Waals surface area (Å²) in [6, 6.07) is 1.40. The standard InChI is InChI=1S/C13H28N2/c1-12(2,3)14-10-7-8-11(9-10)15-13(4,5)6/h10-11,14-15H,7-9H2,1-6H3. The predicted molar refractivity (Wildman–Crippen MR) is 67.2 cm³/mol. The van der Waals surface area contributed by atoms with Gasteiger partial charge in [0.1, 0.15) is 0 Å². The molecule has 1 saturated carbocycles. The second kappa shape index (κ2) is 4.42. The van der Waals surface area contributed by atoms with Crippen LogP contribution in [-0.2, 0) is 0 Å². The van der Waals surface area contributed by atoms with Crippen LogP contribution in [0.5, 0.6) is 0 Å². The zero-order valence-electron chi connectivity index (χ0n) is 11.3.